The van der Waals surface area contributed by atoms with Gasteiger partial charge in [0.25, 0.3) is 0 Å². The normalized spacial score (nSPS) is 34.3. The van der Waals surface area contributed by atoms with Crippen LogP contribution in [0.2, 0.25) is 0 Å². The largest absolute Gasteiger partial charge is 0.324 e. The van der Waals surface area contributed by atoms with Crippen molar-refractivity contribution in [2.24, 2.45) is 11.8 Å². The molecule has 0 spiro atoms. The van der Waals surface area contributed by atoms with Crippen molar-refractivity contribution < 1.29 is 9.59 Å². The summed E-state index contributed by atoms with van der Waals surface area (Å²) in [5.74, 6) is 1.13. The highest BCUT2D eigenvalue weighted by Gasteiger charge is 2.40. The number of piperidine rings is 1. The number of ketones is 1. The molecule has 3 unspecified atom stereocenters. The van der Waals surface area contributed by atoms with E-state index in [9.17, 15) is 9.59 Å². The Balaban J connectivity index is 1.68. The fourth-order valence-corrected chi connectivity index (χ4v) is 4.41. The first-order valence-corrected chi connectivity index (χ1v) is 8.75. The Morgan fingerprint density at radius 3 is 2.62 bits per heavy atom. The summed E-state index contributed by atoms with van der Waals surface area (Å²) in [6, 6.07) is 0.380. The van der Waals surface area contributed by atoms with Gasteiger partial charge in [0.1, 0.15) is 5.78 Å². The van der Waals surface area contributed by atoms with Crippen LogP contribution >= 0.6 is 0 Å². The Morgan fingerprint density at radius 1 is 1.05 bits per heavy atom. The minimum Gasteiger partial charge on any atom is -0.324 e. The van der Waals surface area contributed by atoms with Crippen molar-refractivity contribution in [2.45, 2.75) is 64.3 Å². The van der Waals surface area contributed by atoms with Crippen molar-refractivity contribution in [3.63, 3.8) is 0 Å². The summed E-state index contributed by atoms with van der Waals surface area (Å²) in [5.41, 5.74) is 0. The van der Waals surface area contributed by atoms with Crippen LogP contribution in [-0.4, -0.2) is 47.3 Å². The molecule has 2 heterocycles. The van der Waals surface area contributed by atoms with E-state index in [4.69, 9.17) is 0 Å². The highest BCUT2D eigenvalue weighted by molar-refractivity contribution is 5.83. The summed E-state index contributed by atoms with van der Waals surface area (Å²) in [4.78, 5) is 29.1. The van der Waals surface area contributed by atoms with E-state index in [0.29, 0.717) is 11.7 Å². The Kier molecular flexibility index (Phi) is 4.51. The van der Waals surface area contributed by atoms with Gasteiger partial charge < -0.3 is 9.80 Å². The van der Waals surface area contributed by atoms with E-state index in [0.717, 1.165) is 64.6 Å². The molecule has 0 aromatic carbocycles. The van der Waals surface area contributed by atoms with E-state index in [1.807, 2.05) is 9.80 Å². The zero-order chi connectivity index (χ0) is 14.8. The lowest BCUT2D eigenvalue weighted by atomic mass is 9.82. The molecule has 2 saturated heterocycles. The molecule has 0 radical (unpaired) electrons. The van der Waals surface area contributed by atoms with Gasteiger partial charge in [0, 0.05) is 38.0 Å². The lowest BCUT2D eigenvalue weighted by Gasteiger charge is -2.38. The Bertz CT molecular complexity index is 410. The van der Waals surface area contributed by atoms with Crippen LogP contribution in [0.3, 0.4) is 0 Å². The quantitative estimate of drug-likeness (QED) is 0.745. The maximum absolute atomic E-state index is 12.8. The maximum atomic E-state index is 12.8. The van der Waals surface area contributed by atoms with Gasteiger partial charge in [-0.1, -0.05) is 13.3 Å². The van der Waals surface area contributed by atoms with E-state index >= 15 is 0 Å². The molecule has 0 aromatic heterocycles. The molecule has 2 amide bonds. The number of likely N-dealkylation sites (tertiary alicyclic amines) is 2. The highest BCUT2D eigenvalue weighted by atomic mass is 16.2. The van der Waals surface area contributed by atoms with Crippen LogP contribution in [0.1, 0.15) is 58.3 Å². The van der Waals surface area contributed by atoms with Crippen LogP contribution in [0.4, 0.5) is 4.79 Å². The summed E-state index contributed by atoms with van der Waals surface area (Å²) in [7, 11) is 0. The first kappa shape index (κ1) is 14.9. The Labute approximate surface area is 127 Å². The second kappa shape index (κ2) is 6.37. The number of Topliss-reactive ketones (excluding diaryl/α,β-unsaturated/α-hetero) is 1. The number of amides is 2. The van der Waals surface area contributed by atoms with Gasteiger partial charge in [-0.2, -0.15) is 0 Å². The minimum absolute atomic E-state index is 0.118. The number of urea groups is 1. The first-order chi connectivity index (χ1) is 10.2. The van der Waals surface area contributed by atoms with Crippen molar-refractivity contribution in [1.29, 1.82) is 0 Å². The van der Waals surface area contributed by atoms with Crippen LogP contribution in [0, 0.1) is 11.8 Å². The van der Waals surface area contributed by atoms with Crippen molar-refractivity contribution in [3.8, 4) is 0 Å². The second-order valence-electron chi connectivity index (χ2n) is 7.20. The summed E-state index contributed by atoms with van der Waals surface area (Å²) >= 11 is 0. The SMILES string of the molecule is CC1CCCN(C(=O)N2CCCC2C2CCCCC2=O)C1. The van der Waals surface area contributed by atoms with Gasteiger partial charge >= 0.3 is 6.03 Å². The van der Waals surface area contributed by atoms with E-state index in [-0.39, 0.29) is 18.0 Å². The average molecular weight is 292 g/mol. The third-order valence-corrected chi connectivity index (χ3v) is 5.54. The molecule has 0 N–H and O–H groups in total. The first-order valence-electron chi connectivity index (χ1n) is 8.75. The van der Waals surface area contributed by atoms with Crippen LogP contribution in [0.15, 0.2) is 0 Å². The molecule has 4 heteroatoms. The third-order valence-electron chi connectivity index (χ3n) is 5.54. The van der Waals surface area contributed by atoms with Gasteiger partial charge in [0.15, 0.2) is 0 Å². The molecule has 4 nitrogen and oxygen atoms in total. The standard InChI is InChI=1S/C17H28N2O2/c1-13-6-4-10-18(12-13)17(21)19-11-5-8-15(19)14-7-2-3-9-16(14)20/h13-15H,2-12H2,1H3. The predicted octanol–water partition coefficient (Wildman–Crippen LogP) is 3.06. The van der Waals surface area contributed by atoms with Crippen LogP contribution in [-0.2, 0) is 4.79 Å². The van der Waals surface area contributed by atoms with Gasteiger partial charge in [0.2, 0.25) is 0 Å². The summed E-state index contributed by atoms with van der Waals surface area (Å²) in [6.45, 7) is 4.86. The number of hydrogen-bond donors (Lipinski definition) is 0. The molecule has 3 fully saturated rings. The predicted molar refractivity (Wildman–Crippen MR) is 82.1 cm³/mol. The van der Waals surface area contributed by atoms with E-state index in [1.165, 1.54) is 6.42 Å². The zero-order valence-corrected chi connectivity index (χ0v) is 13.2. The van der Waals surface area contributed by atoms with Crippen molar-refractivity contribution in [2.75, 3.05) is 19.6 Å². The molecular formula is C17H28N2O2. The van der Waals surface area contributed by atoms with Gasteiger partial charge in [0.05, 0.1) is 0 Å². The van der Waals surface area contributed by atoms with E-state index < -0.39 is 0 Å². The molecule has 118 valence electrons. The smallest absolute Gasteiger partial charge is 0.320 e. The highest BCUT2D eigenvalue weighted by Crippen LogP contribution is 2.33. The Morgan fingerprint density at radius 2 is 1.86 bits per heavy atom. The summed E-state index contributed by atoms with van der Waals surface area (Å²) < 4.78 is 0. The molecule has 3 rings (SSSR count). The second-order valence-corrected chi connectivity index (χ2v) is 7.20. The fraction of sp³-hybridized carbons (Fsp3) is 0.882. The van der Waals surface area contributed by atoms with Gasteiger partial charge in [-0.25, -0.2) is 4.79 Å². The fourth-order valence-electron chi connectivity index (χ4n) is 4.41. The van der Waals surface area contributed by atoms with Crippen molar-refractivity contribution in [1.82, 2.24) is 9.80 Å². The average Bonchev–Trinajstić information content (AvgIpc) is 2.96. The number of nitrogens with zero attached hydrogens (tertiary/aromatic N) is 2. The van der Waals surface area contributed by atoms with E-state index in [1.54, 1.807) is 0 Å². The van der Waals surface area contributed by atoms with Crippen molar-refractivity contribution >= 4 is 11.8 Å². The molecule has 3 aliphatic rings. The molecule has 3 atom stereocenters. The van der Waals surface area contributed by atoms with Gasteiger partial charge in [-0.3, -0.25) is 4.79 Å². The molecule has 0 bridgehead atoms. The number of carbonyl (C=O) groups excluding carboxylic acids is 2. The van der Waals surface area contributed by atoms with Crippen LogP contribution in [0.5, 0.6) is 0 Å². The molecule has 1 saturated carbocycles. The van der Waals surface area contributed by atoms with Crippen LogP contribution < -0.4 is 0 Å². The van der Waals surface area contributed by atoms with Crippen LogP contribution in [0.25, 0.3) is 0 Å². The molecule has 21 heavy (non-hydrogen) atoms. The molecule has 1 aliphatic carbocycles. The Hall–Kier alpha value is -1.06. The molecule has 0 aromatic rings. The molecule has 2 aliphatic heterocycles. The lowest BCUT2D eigenvalue weighted by Crippen LogP contribution is -2.51. The number of rotatable bonds is 1. The monoisotopic (exact) mass is 292 g/mol. The lowest BCUT2D eigenvalue weighted by molar-refractivity contribution is -0.126. The van der Waals surface area contributed by atoms with Gasteiger partial charge in [-0.05, 0) is 44.4 Å². The van der Waals surface area contributed by atoms with Crippen molar-refractivity contribution in [3.05, 3.63) is 0 Å². The minimum atomic E-state index is 0.118. The maximum Gasteiger partial charge on any atom is 0.320 e. The molecular weight excluding hydrogens is 264 g/mol. The van der Waals surface area contributed by atoms with Gasteiger partial charge in [-0.15, -0.1) is 0 Å². The summed E-state index contributed by atoms with van der Waals surface area (Å²) in [5, 5.41) is 0. The summed E-state index contributed by atoms with van der Waals surface area (Å²) in [6.07, 6.45) is 8.33. The van der Waals surface area contributed by atoms with E-state index in [2.05, 4.69) is 6.92 Å². The topological polar surface area (TPSA) is 40.6 Å². The number of hydrogen-bond acceptors (Lipinski definition) is 2. The zero-order valence-electron chi connectivity index (χ0n) is 13.2. The number of carbonyl (C=O) groups is 2. The third kappa shape index (κ3) is 3.09.